The zero-order valence-electron chi connectivity index (χ0n) is 19.7. The molecule has 33 heavy (non-hydrogen) atoms. The van der Waals surface area contributed by atoms with E-state index in [9.17, 15) is 9.90 Å². The van der Waals surface area contributed by atoms with Gasteiger partial charge in [-0.3, -0.25) is 4.79 Å². The summed E-state index contributed by atoms with van der Waals surface area (Å²) in [5.41, 5.74) is 3.75. The van der Waals surface area contributed by atoms with Crippen molar-refractivity contribution in [3.05, 3.63) is 59.7 Å². The summed E-state index contributed by atoms with van der Waals surface area (Å²) in [5.74, 6) is 1.05. The Morgan fingerprint density at radius 1 is 1.06 bits per heavy atom. The Morgan fingerprint density at radius 3 is 2.27 bits per heavy atom. The van der Waals surface area contributed by atoms with Gasteiger partial charge in [0, 0.05) is 23.7 Å². The van der Waals surface area contributed by atoms with E-state index < -0.39 is 11.4 Å². The highest BCUT2D eigenvalue weighted by atomic mass is 16.5. The molecule has 1 aliphatic rings. The van der Waals surface area contributed by atoms with Crippen molar-refractivity contribution in [1.82, 2.24) is 15.5 Å². The van der Waals surface area contributed by atoms with Gasteiger partial charge in [0.25, 0.3) is 5.89 Å². The van der Waals surface area contributed by atoms with E-state index in [0.717, 1.165) is 49.8 Å². The van der Waals surface area contributed by atoms with Gasteiger partial charge in [-0.15, -0.1) is 0 Å². The highest BCUT2D eigenvalue weighted by Gasteiger charge is 2.37. The van der Waals surface area contributed by atoms with Crippen LogP contribution >= 0.6 is 0 Å². The quantitative estimate of drug-likeness (QED) is 0.459. The Kier molecular flexibility index (Phi) is 6.94. The summed E-state index contributed by atoms with van der Waals surface area (Å²) in [6.07, 6.45) is 4.29. The van der Waals surface area contributed by atoms with E-state index in [1.165, 1.54) is 11.1 Å². The predicted octanol–water partition coefficient (Wildman–Crippen LogP) is 5.73. The van der Waals surface area contributed by atoms with Crippen LogP contribution in [0.3, 0.4) is 0 Å². The molecule has 174 valence electrons. The van der Waals surface area contributed by atoms with Crippen molar-refractivity contribution >= 4 is 5.97 Å². The van der Waals surface area contributed by atoms with E-state index in [1.54, 1.807) is 0 Å². The monoisotopic (exact) mass is 447 g/mol. The van der Waals surface area contributed by atoms with Gasteiger partial charge < -0.3 is 14.9 Å². The molecule has 6 heteroatoms. The maximum absolute atomic E-state index is 11.4. The summed E-state index contributed by atoms with van der Waals surface area (Å²) < 4.78 is 5.50. The molecule has 3 aromatic rings. The maximum atomic E-state index is 11.4. The number of hydrogen-bond acceptors (Lipinski definition) is 5. The molecule has 0 radical (unpaired) electrons. The number of carbonyl (C=O) groups is 1. The molecule has 0 aliphatic heterocycles. The molecule has 1 aromatic heterocycles. The molecule has 0 atom stereocenters. The van der Waals surface area contributed by atoms with Crippen LogP contribution < -0.4 is 5.32 Å². The molecule has 0 saturated heterocycles. The smallest absolute Gasteiger partial charge is 0.309 e. The molecule has 0 spiro atoms. The van der Waals surface area contributed by atoms with Crippen molar-refractivity contribution in [3.63, 3.8) is 0 Å². The summed E-state index contributed by atoms with van der Waals surface area (Å²) in [6, 6.07) is 16.8. The van der Waals surface area contributed by atoms with Crippen LogP contribution in [-0.4, -0.2) is 27.3 Å². The van der Waals surface area contributed by atoms with E-state index >= 15 is 0 Å². The molecule has 4 rings (SSSR count). The summed E-state index contributed by atoms with van der Waals surface area (Å²) in [4.78, 5) is 16.0. The Balaban J connectivity index is 1.33. The van der Waals surface area contributed by atoms with Crippen LogP contribution in [0.2, 0.25) is 0 Å². The molecular weight excluding hydrogens is 414 g/mol. The van der Waals surface area contributed by atoms with Crippen molar-refractivity contribution in [3.8, 4) is 22.8 Å². The van der Waals surface area contributed by atoms with E-state index in [2.05, 4.69) is 53.6 Å². The zero-order valence-corrected chi connectivity index (χ0v) is 19.7. The van der Waals surface area contributed by atoms with Gasteiger partial charge in [0.2, 0.25) is 5.82 Å². The first-order valence-corrected chi connectivity index (χ1v) is 11.8. The first kappa shape index (κ1) is 23.2. The number of nitrogens with one attached hydrogen (secondary N) is 1. The molecule has 1 heterocycles. The second-order valence-corrected chi connectivity index (χ2v) is 9.94. The SMILES string of the molecule is CC(C)Cc1ccc(-c2nc(-c3ccc(CNC4CCC(C)(C(=O)O)CC4)cc3)no2)cc1. The van der Waals surface area contributed by atoms with Gasteiger partial charge in [-0.1, -0.05) is 55.4 Å². The number of benzene rings is 2. The molecule has 6 nitrogen and oxygen atoms in total. The van der Waals surface area contributed by atoms with Gasteiger partial charge in [-0.25, -0.2) is 0 Å². The topological polar surface area (TPSA) is 88.2 Å². The van der Waals surface area contributed by atoms with Crippen LogP contribution in [0.25, 0.3) is 22.8 Å². The van der Waals surface area contributed by atoms with Crippen LogP contribution in [0.5, 0.6) is 0 Å². The van der Waals surface area contributed by atoms with Crippen LogP contribution in [0, 0.1) is 11.3 Å². The lowest BCUT2D eigenvalue weighted by Gasteiger charge is -2.34. The molecule has 1 aliphatic carbocycles. The first-order valence-electron chi connectivity index (χ1n) is 11.8. The van der Waals surface area contributed by atoms with Crippen molar-refractivity contribution in [2.24, 2.45) is 11.3 Å². The van der Waals surface area contributed by atoms with Gasteiger partial charge in [-0.05, 0) is 68.2 Å². The van der Waals surface area contributed by atoms with Crippen molar-refractivity contribution in [1.29, 1.82) is 0 Å². The molecule has 2 N–H and O–H groups in total. The average Bonchev–Trinajstić information content (AvgIpc) is 3.29. The van der Waals surface area contributed by atoms with E-state index in [1.807, 2.05) is 31.2 Å². The van der Waals surface area contributed by atoms with Crippen LogP contribution in [0.1, 0.15) is 57.6 Å². The fourth-order valence-electron chi connectivity index (χ4n) is 4.42. The average molecular weight is 448 g/mol. The second kappa shape index (κ2) is 9.87. The summed E-state index contributed by atoms with van der Waals surface area (Å²) in [6.45, 7) is 7.04. The van der Waals surface area contributed by atoms with Crippen LogP contribution in [0.4, 0.5) is 0 Å². The maximum Gasteiger partial charge on any atom is 0.309 e. The third-order valence-corrected chi connectivity index (χ3v) is 6.68. The van der Waals surface area contributed by atoms with Gasteiger partial charge >= 0.3 is 5.97 Å². The number of nitrogens with zero attached hydrogens (tertiary/aromatic N) is 2. The number of hydrogen-bond donors (Lipinski definition) is 2. The minimum Gasteiger partial charge on any atom is -0.481 e. The highest BCUT2D eigenvalue weighted by Crippen LogP contribution is 2.36. The Hall–Kier alpha value is -2.99. The molecular formula is C27H33N3O3. The van der Waals surface area contributed by atoms with E-state index in [-0.39, 0.29) is 0 Å². The minimum absolute atomic E-state index is 0.365. The summed E-state index contributed by atoms with van der Waals surface area (Å²) in [7, 11) is 0. The minimum atomic E-state index is -0.677. The number of aromatic nitrogens is 2. The zero-order chi connectivity index (χ0) is 23.4. The Morgan fingerprint density at radius 2 is 1.67 bits per heavy atom. The van der Waals surface area contributed by atoms with E-state index in [4.69, 9.17) is 4.52 Å². The molecule has 0 unspecified atom stereocenters. The first-order chi connectivity index (χ1) is 15.8. The van der Waals surface area contributed by atoms with Crippen molar-refractivity contribution in [2.45, 2.75) is 65.5 Å². The van der Waals surface area contributed by atoms with Crippen molar-refractivity contribution < 1.29 is 14.4 Å². The molecule has 2 aromatic carbocycles. The lowest BCUT2D eigenvalue weighted by atomic mass is 9.74. The molecule has 0 bridgehead atoms. The predicted molar refractivity (Wildman–Crippen MR) is 129 cm³/mol. The number of aliphatic carboxylic acids is 1. The van der Waals surface area contributed by atoms with Gasteiger partial charge in [0.05, 0.1) is 5.41 Å². The largest absolute Gasteiger partial charge is 0.481 e. The number of carboxylic acid groups (broad SMARTS) is 1. The van der Waals surface area contributed by atoms with Gasteiger partial charge in [0.1, 0.15) is 0 Å². The fraction of sp³-hybridized carbons (Fsp3) is 0.444. The van der Waals surface area contributed by atoms with Crippen molar-refractivity contribution in [2.75, 3.05) is 0 Å². The Bertz CT molecular complexity index is 1060. The molecule has 0 amide bonds. The lowest BCUT2D eigenvalue weighted by Crippen LogP contribution is -2.39. The normalized spacial score (nSPS) is 20.8. The van der Waals surface area contributed by atoms with Crippen LogP contribution in [0.15, 0.2) is 53.1 Å². The van der Waals surface area contributed by atoms with E-state index in [0.29, 0.717) is 23.7 Å². The standard InChI is InChI=1S/C27H33N3O3/c1-18(2)16-19-4-10-22(11-5-19)25-29-24(30-33-25)21-8-6-20(7-9-21)17-28-23-12-14-27(3,15-13-23)26(31)32/h4-11,18,23,28H,12-17H2,1-3H3,(H,31,32). The lowest BCUT2D eigenvalue weighted by molar-refractivity contribution is -0.150. The Labute approximate surface area is 195 Å². The molecule has 1 saturated carbocycles. The second-order valence-electron chi connectivity index (χ2n) is 9.94. The third-order valence-electron chi connectivity index (χ3n) is 6.68. The fourth-order valence-corrected chi connectivity index (χ4v) is 4.42. The van der Waals surface area contributed by atoms with Crippen LogP contribution in [-0.2, 0) is 17.8 Å². The van der Waals surface area contributed by atoms with Gasteiger partial charge in [0.15, 0.2) is 0 Å². The highest BCUT2D eigenvalue weighted by molar-refractivity contribution is 5.74. The van der Waals surface area contributed by atoms with Gasteiger partial charge in [-0.2, -0.15) is 4.98 Å². The third kappa shape index (κ3) is 5.69. The number of carboxylic acids is 1. The summed E-state index contributed by atoms with van der Waals surface area (Å²) >= 11 is 0. The molecule has 1 fully saturated rings. The summed E-state index contributed by atoms with van der Waals surface area (Å²) in [5, 5.41) is 17.1. The number of rotatable bonds is 8.